The zero-order valence-corrected chi connectivity index (χ0v) is 15.6. The van der Waals surface area contributed by atoms with E-state index in [1.165, 1.54) is 9.88 Å². The Labute approximate surface area is 143 Å². The van der Waals surface area contributed by atoms with E-state index >= 15 is 0 Å². The second-order valence-corrected chi connectivity index (χ2v) is 6.52. The van der Waals surface area contributed by atoms with Crippen LogP contribution in [-0.2, 0) is 15.9 Å². The summed E-state index contributed by atoms with van der Waals surface area (Å²) < 4.78 is 10.4. The SMILES string of the molecule is CN=C(NCCCCOCCOC)NCCc1nc(C)c(C)s1. The lowest BCUT2D eigenvalue weighted by molar-refractivity contribution is 0.0689. The minimum absolute atomic E-state index is 0.660. The zero-order valence-electron chi connectivity index (χ0n) is 14.8. The molecule has 0 atom stereocenters. The van der Waals surface area contributed by atoms with E-state index in [1.807, 2.05) is 0 Å². The van der Waals surface area contributed by atoms with E-state index in [9.17, 15) is 0 Å². The first-order valence-electron chi connectivity index (χ1n) is 8.11. The summed E-state index contributed by atoms with van der Waals surface area (Å²) in [5, 5.41) is 7.82. The second-order valence-electron chi connectivity index (χ2n) is 5.24. The minimum atomic E-state index is 0.660. The van der Waals surface area contributed by atoms with E-state index in [1.54, 1.807) is 25.5 Å². The van der Waals surface area contributed by atoms with Crippen molar-refractivity contribution in [2.24, 2.45) is 4.99 Å². The van der Waals surface area contributed by atoms with Gasteiger partial charge in [-0.1, -0.05) is 0 Å². The Morgan fingerprint density at radius 3 is 2.57 bits per heavy atom. The van der Waals surface area contributed by atoms with Crippen molar-refractivity contribution in [3.8, 4) is 0 Å². The topological polar surface area (TPSA) is 67.8 Å². The first kappa shape index (κ1) is 19.9. The van der Waals surface area contributed by atoms with E-state index < -0.39 is 0 Å². The predicted octanol–water partition coefficient (Wildman–Crippen LogP) is 1.91. The highest BCUT2D eigenvalue weighted by Gasteiger charge is 2.04. The molecular formula is C16H30N4O2S. The molecule has 0 aromatic carbocycles. The molecule has 0 radical (unpaired) electrons. The second kappa shape index (κ2) is 12.3. The number of guanidine groups is 1. The molecule has 1 aromatic heterocycles. The van der Waals surface area contributed by atoms with Crippen LogP contribution in [-0.4, -0.2) is 58.0 Å². The van der Waals surface area contributed by atoms with Crippen molar-refractivity contribution in [2.45, 2.75) is 33.1 Å². The third-order valence-electron chi connectivity index (χ3n) is 3.37. The van der Waals surface area contributed by atoms with Crippen molar-refractivity contribution < 1.29 is 9.47 Å². The van der Waals surface area contributed by atoms with Gasteiger partial charge in [-0.3, -0.25) is 4.99 Å². The first-order chi connectivity index (χ1) is 11.2. The predicted molar refractivity (Wildman–Crippen MR) is 96.6 cm³/mol. The lowest BCUT2D eigenvalue weighted by atomic mass is 10.3. The van der Waals surface area contributed by atoms with E-state index in [-0.39, 0.29) is 0 Å². The smallest absolute Gasteiger partial charge is 0.190 e. The molecule has 0 unspecified atom stereocenters. The van der Waals surface area contributed by atoms with Gasteiger partial charge in [0.2, 0.25) is 0 Å². The summed E-state index contributed by atoms with van der Waals surface area (Å²) in [7, 11) is 3.48. The highest BCUT2D eigenvalue weighted by molar-refractivity contribution is 7.11. The van der Waals surface area contributed by atoms with Gasteiger partial charge in [-0.05, 0) is 26.7 Å². The van der Waals surface area contributed by atoms with Crippen LogP contribution in [0.15, 0.2) is 4.99 Å². The molecule has 1 aromatic rings. The van der Waals surface area contributed by atoms with Crippen LogP contribution in [0.1, 0.15) is 28.4 Å². The Kier molecular flexibility index (Phi) is 10.6. The van der Waals surface area contributed by atoms with Crippen molar-refractivity contribution in [1.82, 2.24) is 15.6 Å². The number of aromatic nitrogens is 1. The fourth-order valence-electron chi connectivity index (χ4n) is 1.93. The molecule has 0 spiro atoms. The van der Waals surface area contributed by atoms with Crippen LogP contribution >= 0.6 is 11.3 Å². The minimum Gasteiger partial charge on any atom is -0.382 e. The molecule has 0 aliphatic carbocycles. The average Bonchev–Trinajstić information content (AvgIpc) is 2.86. The molecule has 1 heterocycles. The number of aliphatic imine (C=N–C) groups is 1. The quantitative estimate of drug-likeness (QED) is 0.365. The standard InChI is InChI=1S/C16H30N4O2S/c1-13-14(2)23-15(20-13)7-9-19-16(17-3)18-8-5-6-10-22-12-11-21-4/h5-12H2,1-4H3,(H2,17,18,19). The van der Waals surface area contributed by atoms with E-state index in [0.717, 1.165) is 50.6 Å². The summed E-state index contributed by atoms with van der Waals surface area (Å²) in [5.41, 5.74) is 1.14. The summed E-state index contributed by atoms with van der Waals surface area (Å²) in [6.45, 7) is 8.01. The number of hydrogen-bond acceptors (Lipinski definition) is 5. The summed E-state index contributed by atoms with van der Waals surface area (Å²) in [6.07, 6.45) is 3.01. The highest BCUT2D eigenvalue weighted by atomic mass is 32.1. The van der Waals surface area contributed by atoms with Gasteiger partial charge in [0.25, 0.3) is 0 Å². The van der Waals surface area contributed by atoms with Gasteiger partial charge < -0.3 is 20.1 Å². The van der Waals surface area contributed by atoms with Crippen LogP contribution in [0.5, 0.6) is 0 Å². The number of nitrogens with one attached hydrogen (secondary N) is 2. The molecule has 0 fully saturated rings. The number of hydrogen-bond donors (Lipinski definition) is 2. The van der Waals surface area contributed by atoms with Crippen LogP contribution in [0, 0.1) is 13.8 Å². The number of thiazole rings is 1. The van der Waals surface area contributed by atoms with Crippen LogP contribution in [0.25, 0.3) is 0 Å². The van der Waals surface area contributed by atoms with E-state index in [4.69, 9.17) is 9.47 Å². The maximum absolute atomic E-state index is 5.43. The Morgan fingerprint density at radius 1 is 1.13 bits per heavy atom. The van der Waals surface area contributed by atoms with Crippen LogP contribution in [0.2, 0.25) is 0 Å². The molecule has 7 heteroatoms. The van der Waals surface area contributed by atoms with Gasteiger partial charge in [-0.15, -0.1) is 11.3 Å². The number of nitrogens with zero attached hydrogens (tertiary/aromatic N) is 2. The largest absolute Gasteiger partial charge is 0.382 e. The maximum Gasteiger partial charge on any atom is 0.190 e. The number of aryl methyl sites for hydroxylation is 2. The van der Waals surface area contributed by atoms with Crippen LogP contribution in [0.4, 0.5) is 0 Å². The number of unbranched alkanes of at least 4 members (excludes halogenated alkanes) is 1. The zero-order chi connectivity index (χ0) is 16.9. The average molecular weight is 343 g/mol. The fourth-order valence-corrected chi connectivity index (χ4v) is 2.87. The molecule has 0 saturated heterocycles. The van der Waals surface area contributed by atoms with Gasteiger partial charge in [0.1, 0.15) is 0 Å². The lowest BCUT2D eigenvalue weighted by Crippen LogP contribution is -2.38. The fraction of sp³-hybridized carbons (Fsp3) is 0.750. The van der Waals surface area contributed by atoms with Crippen molar-refractivity contribution in [1.29, 1.82) is 0 Å². The van der Waals surface area contributed by atoms with Crippen molar-refractivity contribution in [3.05, 3.63) is 15.6 Å². The van der Waals surface area contributed by atoms with E-state index in [0.29, 0.717) is 13.2 Å². The number of methoxy groups -OCH3 is 1. The van der Waals surface area contributed by atoms with Gasteiger partial charge >= 0.3 is 0 Å². The molecule has 2 N–H and O–H groups in total. The lowest BCUT2D eigenvalue weighted by Gasteiger charge is -2.11. The molecule has 0 saturated carbocycles. The van der Waals surface area contributed by atoms with Gasteiger partial charge in [-0.25, -0.2) is 4.98 Å². The monoisotopic (exact) mass is 342 g/mol. The number of rotatable bonds is 11. The normalized spacial score (nSPS) is 11.7. The molecule has 23 heavy (non-hydrogen) atoms. The number of ether oxygens (including phenoxy) is 2. The van der Waals surface area contributed by atoms with E-state index in [2.05, 4.69) is 34.5 Å². The van der Waals surface area contributed by atoms with Gasteiger partial charge in [0.05, 0.1) is 23.9 Å². The summed E-state index contributed by atoms with van der Waals surface area (Å²) >= 11 is 1.77. The summed E-state index contributed by atoms with van der Waals surface area (Å²) in [6, 6.07) is 0. The van der Waals surface area contributed by atoms with Gasteiger partial charge in [-0.2, -0.15) is 0 Å². The molecule has 0 amide bonds. The Bertz CT molecular complexity index is 443. The van der Waals surface area contributed by atoms with Gasteiger partial charge in [0.15, 0.2) is 5.96 Å². The molecule has 1 rings (SSSR count). The van der Waals surface area contributed by atoms with Gasteiger partial charge in [0, 0.05) is 45.2 Å². The van der Waals surface area contributed by atoms with Crippen LogP contribution in [0.3, 0.4) is 0 Å². The van der Waals surface area contributed by atoms with Crippen molar-refractivity contribution >= 4 is 17.3 Å². The molecule has 6 nitrogen and oxygen atoms in total. The molecular weight excluding hydrogens is 312 g/mol. The summed E-state index contributed by atoms with van der Waals surface area (Å²) in [4.78, 5) is 10.1. The Hall–Kier alpha value is -1.18. The molecule has 0 aliphatic rings. The van der Waals surface area contributed by atoms with Crippen LogP contribution < -0.4 is 10.6 Å². The summed E-state index contributed by atoms with van der Waals surface area (Å²) in [5.74, 6) is 0.843. The van der Waals surface area contributed by atoms with Crippen molar-refractivity contribution in [2.75, 3.05) is 47.1 Å². The third-order valence-corrected chi connectivity index (χ3v) is 4.50. The molecule has 0 bridgehead atoms. The van der Waals surface area contributed by atoms with Crippen molar-refractivity contribution in [3.63, 3.8) is 0 Å². The first-order valence-corrected chi connectivity index (χ1v) is 8.93. The molecule has 132 valence electrons. The highest BCUT2D eigenvalue weighted by Crippen LogP contribution is 2.16. The third kappa shape index (κ3) is 8.88. The Balaban J connectivity index is 2.06. The Morgan fingerprint density at radius 2 is 1.91 bits per heavy atom. The maximum atomic E-state index is 5.43. The molecule has 0 aliphatic heterocycles.